The number of aryl methyl sites for hydroxylation is 1. The minimum atomic E-state index is -0.462. The van der Waals surface area contributed by atoms with E-state index in [1.807, 2.05) is 0 Å². The number of benzene rings is 1. The molecule has 0 saturated carbocycles. The van der Waals surface area contributed by atoms with Gasteiger partial charge in [-0.3, -0.25) is 14.9 Å². The standard InChI is InChI=1S/C13H10N2O4/c1-9-7-11(4-5-12(9)15(17)18)19-13-10(8-16)3-2-6-14-13/h2-8H,1H3. The lowest BCUT2D eigenvalue weighted by molar-refractivity contribution is -0.385. The van der Waals surface area contributed by atoms with Gasteiger partial charge in [-0.1, -0.05) is 0 Å². The molecular weight excluding hydrogens is 248 g/mol. The molecular formula is C13H10N2O4. The average molecular weight is 258 g/mol. The number of hydrogen-bond acceptors (Lipinski definition) is 5. The Hall–Kier alpha value is -2.76. The number of pyridine rings is 1. The molecule has 0 N–H and O–H groups in total. The molecule has 6 heteroatoms. The number of hydrogen-bond donors (Lipinski definition) is 0. The summed E-state index contributed by atoms with van der Waals surface area (Å²) in [4.78, 5) is 25.0. The number of nitro groups is 1. The Labute approximate surface area is 108 Å². The van der Waals surface area contributed by atoms with E-state index in [1.54, 1.807) is 19.1 Å². The Morgan fingerprint density at radius 3 is 2.79 bits per heavy atom. The first-order chi connectivity index (χ1) is 9.11. The van der Waals surface area contributed by atoms with Gasteiger partial charge in [-0.25, -0.2) is 4.98 Å². The molecule has 1 heterocycles. The van der Waals surface area contributed by atoms with E-state index in [1.165, 1.54) is 24.4 Å². The third kappa shape index (κ3) is 2.74. The molecule has 0 amide bonds. The fraction of sp³-hybridized carbons (Fsp3) is 0.0769. The van der Waals surface area contributed by atoms with Crippen LogP contribution >= 0.6 is 0 Å². The van der Waals surface area contributed by atoms with Gasteiger partial charge in [0.1, 0.15) is 5.75 Å². The van der Waals surface area contributed by atoms with Crippen LogP contribution in [0.2, 0.25) is 0 Å². The second-order valence-corrected chi connectivity index (χ2v) is 3.82. The van der Waals surface area contributed by atoms with E-state index in [9.17, 15) is 14.9 Å². The first-order valence-corrected chi connectivity index (χ1v) is 5.45. The highest BCUT2D eigenvalue weighted by molar-refractivity contribution is 5.78. The van der Waals surface area contributed by atoms with Gasteiger partial charge in [0, 0.05) is 17.8 Å². The van der Waals surface area contributed by atoms with Crippen LogP contribution < -0.4 is 4.74 Å². The number of nitrogens with zero attached hydrogens (tertiary/aromatic N) is 2. The van der Waals surface area contributed by atoms with Crippen molar-refractivity contribution in [2.24, 2.45) is 0 Å². The Morgan fingerprint density at radius 1 is 1.37 bits per heavy atom. The maximum absolute atomic E-state index is 10.8. The predicted octanol–water partition coefficient (Wildman–Crippen LogP) is 2.90. The topological polar surface area (TPSA) is 82.3 Å². The fourth-order valence-corrected chi connectivity index (χ4v) is 1.59. The van der Waals surface area contributed by atoms with Gasteiger partial charge in [0.05, 0.1) is 10.5 Å². The molecule has 2 aromatic rings. The SMILES string of the molecule is Cc1cc(Oc2ncccc2C=O)ccc1[N+](=O)[O-]. The summed E-state index contributed by atoms with van der Waals surface area (Å²) in [6, 6.07) is 7.55. The molecule has 2 rings (SSSR count). The van der Waals surface area contributed by atoms with Crippen molar-refractivity contribution in [2.45, 2.75) is 6.92 Å². The number of carbonyl (C=O) groups excluding carboxylic acids is 1. The van der Waals surface area contributed by atoms with E-state index >= 15 is 0 Å². The predicted molar refractivity (Wildman–Crippen MR) is 67.5 cm³/mol. The van der Waals surface area contributed by atoms with Crippen LogP contribution in [0.5, 0.6) is 11.6 Å². The number of aromatic nitrogens is 1. The van der Waals surface area contributed by atoms with Crippen LogP contribution in [-0.2, 0) is 0 Å². The highest BCUT2D eigenvalue weighted by Gasteiger charge is 2.12. The molecule has 0 aliphatic heterocycles. The van der Waals surface area contributed by atoms with E-state index in [0.717, 1.165) is 0 Å². The quantitative estimate of drug-likeness (QED) is 0.478. The Kier molecular flexibility index (Phi) is 3.51. The Balaban J connectivity index is 2.31. The van der Waals surface area contributed by atoms with Gasteiger partial charge in [0.15, 0.2) is 6.29 Å². The Morgan fingerprint density at radius 2 is 2.16 bits per heavy atom. The van der Waals surface area contributed by atoms with Crippen molar-refractivity contribution in [3.63, 3.8) is 0 Å². The van der Waals surface area contributed by atoms with Gasteiger partial charge in [-0.05, 0) is 31.2 Å². The zero-order chi connectivity index (χ0) is 13.8. The average Bonchev–Trinajstić information content (AvgIpc) is 2.39. The minimum Gasteiger partial charge on any atom is -0.438 e. The molecule has 0 radical (unpaired) electrons. The fourth-order valence-electron chi connectivity index (χ4n) is 1.59. The molecule has 0 spiro atoms. The lowest BCUT2D eigenvalue weighted by Crippen LogP contribution is -1.95. The molecule has 0 aliphatic rings. The van der Waals surface area contributed by atoms with E-state index in [0.29, 0.717) is 23.2 Å². The van der Waals surface area contributed by atoms with Gasteiger partial charge >= 0.3 is 0 Å². The summed E-state index contributed by atoms with van der Waals surface area (Å²) in [5, 5.41) is 10.7. The van der Waals surface area contributed by atoms with Crippen molar-refractivity contribution in [1.82, 2.24) is 4.98 Å². The summed E-state index contributed by atoms with van der Waals surface area (Å²) >= 11 is 0. The van der Waals surface area contributed by atoms with Crippen molar-refractivity contribution in [3.8, 4) is 11.6 Å². The summed E-state index contributed by atoms with van der Waals surface area (Å²) in [5.41, 5.74) is 0.813. The summed E-state index contributed by atoms with van der Waals surface area (Å²) < 4.78 is 5.45. The van der Waals surface area contributed by atoms with Crippen LogP contribution in [-0.4, -0.2) is 16.2 Å². The molecule has 1 aromatic carbocycles. The van der Waals surface area contributed by atoms with Crippen LogP contribution in [0.4, 0.5) is 5.69 Å². The molecule has 96 valence electrons. The molecule has 1 aromatic heterocycles. The van der Waals surface area contributed by atoms with Crippen LogP contribution in [0.15, 0.2) is 36.5 Å². The van der Waals surface area contributed by atoms with Gasteiger partial charge in [0.25, 0.3) is 5.69 Å². The van der Waals surface area contributed by atoms with Crippen molar-refractivity contribution >= 4 is 12.0 Å². The summed E-state index contributed by atoms with van der Waals surface area (Å²) in [7, 11) is 0. The second kappa shape index (κ2) is 5.26. The first-order valence-electron chi connectivity index (χ1n) is 5.45. The number of rotatable bonds is 4. The maximum Gasteiger partial charge on any atom is 0.272 e. The van der Waals surface area contributed by atoms with Gasteiger partial charge < -0.3 is 4.74 Å². The summed E-state index contributed by atoms with van der Waals surface area (Å²) in [6.45, 7) is 1.62. The van der Waals surface area contributed by atoms with Crippen LogP contribution in [0.1, 0.15) is 15.9 Å². The minimum absolute atomic E-state index is 0.0176. The third-order valence-corrected chi connectivity index (χ3v) is 2.51. The van der Waals surface area contributed by atoms with E-state index in [2.05, 4.69) is 4.98 Å². The smallest absolute Gasteiger partial charge is 0.272 e. The van der Waals surface area contributed by atoms with E-state index in [-0.39, 0.29) is 11.6 Å². The number of ether oxygens (including phenoxy) is 1. The molecule has 19 heavy (non-hydrogen) atoms. The van der Waals surface area contributed by atoms with Gasteiger partial charge in [-0.2, -0.15) is 0 Å². The van der Waals surface area contributed by atoms with Gasteiger partial charge in [0.2, 0.25) is 5.88 Å². The first kappa shape index (κ1) is 12.7. The zero-order valence-electron chi connectivity index (χ0n) is 10.1. The lowest BCUT2D eigenvalue weighted by atomic mass is 10.2. The molecule has 0 aliphatic carbocycles. The molecule has 0 unspecified atom stereocenters. The normalized spacial score (nSPS) is 9.95. The monoisotopic (exact) mass is 258 g/mol. The van der Waals surface area contributed by atoms with Crippen molar-refractivity contribution < 1.29 is 14.5 Å². The van der Waals surface area contributed by atoms with Crippen LogP contribution in [0, 0.1) is 17.0 Å². The van der Waals surface area contributed by atoms with Crippen LogP contribution in [0.3, 0.4) is 0 Å². The number of aldehydes is 1. The number of nitro benzene ring substituents is 1. The maximum atomic E-state index is 10.8. The molecule has 0 saturated heterocycles. The molecule has 0 fully saturated rings. The van der Waals surface area contributed by atoms with Crippen molar-refractivity contribution in [3.05, 3.63) is 57.8 Å². The van der Waals surface area contributed by atoms with Crippen molar-refractivity contribution in [2.75, 3.05) is 0 Å². The highest BCUT2D eigenvalue weighted by atomic mass is 16.6. The highest BCUT2D eigenvalue weighted by Crippen LogP contribution is 2.27. The summed E-state index contributed by atoms with van der Waals surface area (Å²) in [6.07, 6.45) is 2.14. The largest absolute Gasteiger partial charge is 0.438 e. The third-order valence-electron chi connectivity index (χ3n) is 2.51. The molecule has 0 atom stereocenters. The van der Waals surface area contributed by atoms with Crippen molar-refractivity contribution in [1.29, 1.82) is 0 Å². The molecule has 0 bridgehead atoms. The van der Waals surface area contributed by atoms with Gasteiger partial charge in [-0.15, -0.1) is 0 Å². The zero-order valence-corrected chi connectivity index (χ0v) is 10.1. The van der Waals surface area contributed by atoms with E-state index < -0.39 is 4.92 Å². The number of carbonyl (C=O) groups is 1. The molecule has 6 nitrogen and oxygen atoms in total. The Bertz CT molecular complexity index is 640. The van der Waals surface area contributed by atoms with E-state index in [4.69, 9.17) is 4.74 Å². The van der Waals surface area contributed by atoms with Crippen LogP contribution in [0.25, 0.3) is 0 Å². The second-order valence-electron chi connectivity index (χ2n) is 3.82. The summed E-state index contributed by atoms with van der Waals surface area (Å²) in [5.74, 6) is 0.565. The lowest BCUT2D eigenvalue weighted by Gasteiger charge is -2.07.